The van der Waals surface area contributed by atoms with E-state index in [1.807, 2.05) is 7.05 Å². The summed E-state index contributed by atoms with van der Waals surface area (Å²) < 4.78 is 38.2. The maximum atomic E-state index is 12.5. The molecule has 9 heteroatoms. The first-order valence-electron chi connectivity index (χ1n) is 7.51. The van der Waals surface area contributed by atoms with E-state index in [1.54, 1.807) is 4.90 Å². The number of nitrogens with zero attached hydrogens (tertiary/aromatic N) is 3. The second kappa shape index (κ2) is 7.31. The van der Waals surface area contributed by atoms with Crippen LogP contribution in [0.5, 0.6) is 0 Å². The first kappa shape index (κ1) is 17.7. The van der Waals surface area contributed by atoms with Crippen LogP contribution in [0.25, 0.3) is 0 Å². The lowest BCUT2D eigenvalue weighted by molar-refractivity contribution is -0.141. The zero-order valence-corrected chi connectivity index (χ0v) is 12.9. The highest BCUT2D eigenvalue weighted by Gasteiger charge is 2.31. The summed E-state index contributed by atoms with van der Waals surface area (Å²) in [6.45, 7) is -0.0801. The molecular formula is C14H21F3N4O2. The third-order valence-corrected chi connectivity index (χ3v) is 4.02. The smallest absolute Gasteiger partial charge is 0.385 e. The molecular weight excluding hydrogens is 313 g/mol. The maximum absolute atomic E-state index is 12.5. The predicted octanol–water partition coefficient (Wildman–Crippen LogP) is 1.08. The summed E-state index contributed by atoms with van der Waals surface area (Å²) in [5.41, 5.74) is 0. The van der Waals surface area contributed by atoms with Crippen molar-refractivity contribution in [3.05, 3.63) is 18.2 Å². The first-order chi connectivity index (χ1) is 10.8. The van der Waals surface area contributed by atoms with Gasteiger partial charge in [-0.25, -0.2) is 4.98 Å². The second-order valence-corrected chi connectivity index (χ2v) is 5.69. The first-order valence-corrected chi connectivity index (χ1v) is 7.51. The van der Waals surface area contributed by atoms with Crippen molar-refractivity contribution in [3.8, 4) is 0 Å². The Balaban J connectivity index is 1.93. The molecule has 0 saturated carbocycles. The summed E-state index contributed by atoms with van der Waals surface area (Å²) in [5.74, 6) is -0.408. The third kappa shape index (κ3) is 4.93. The molecule has 23 heavy (non-hydrogen) atoms. The maximum Gasteiger partial charge on any atom is 0.406 e. The molecule has 0 aliphatic carbocycles. The van der Waals surface area contributed by atoms with Gasteiger partial charge >= 0.3 is 6.18 Å². The van der Waals surface area contributed by atoms with Crippen LogP contribution in [-0.2, 0) is 11.3 Å². The van der Waals surface area contributed by atoms with Crippen molar-refractivity contribution in [2.45, 2.75) is 44.1 Å². The molecule has 1 aromatic rings. The Morgan fingerprint density at radius 2 is 2.13 bits per heavy atom. The fourth-order valence-corrected chi connectivity index (χ4v) is 2.75. The number of rotatable bonds is 5. The van der Waals surface area contributed by atoms with Crippen molar-refractivity contribution in [1.82, 2.24) is 19.8 Å². The SMILES string of the molecule is CNC1CCN(C(=O)C[C@@H](O)c2nccn2CC(F)(F)F)CC1. The van der Waals surface area contributed by atoms with Gasteiger partial charge in [0.15, 0.2) is 0 Å². The van der Waals surface area contributed by atoms with E-state index in [0.29, 0.717) is 19.1 Å². The monoisotopic (exact) mass is 334 g/mol. The van der Waals surface area contributed by atoms with Crippen molar-refractivity contribution in [3.63, 3.8) is 0 Å². The van der Waals surface area contributed by atoms with Crippen molar-refractivity contribution in [1.29, 1.82) is 0 Å². The van der Waals surface area contributed by atoms with Crippen molar-refractivity contribution < 1.29 is 23.1 Å². The number of likely N-dealkylation sites (tertiary alicyclic amines) is 1. The number of amides is 1. The van der Waals surface area contributed by atoms with Gasteiger partial charge in [-0.2, -0.15) is 13.2 Å². The highest BCUT2D eigenvalue weighted by molar-refractivity contribution is 5.76. The topological polar surface area (TPSA) is 70.4 Å². The summed E-state index contributed by atoms with van der Waals surface area (Å²) >= 11 is 0. The zero-order valence-electron chi connectivity index (χ0n) is 12.9. The van der Waals surface area contributed by atoms with Crippen LogP contribution >= 0.6 is 0 Å². The quantitative estimate of drug-likeness (QED) is 0.845. The van der Waals surface area contributed by atoms with Crippen LogP contribution in [0.3, 0.4) is 0 Å². The minimum absolute atomic E-state index is 0.138. The Hall–Kier alpha value is -1.61. The molecule has 0 spiro atoms. The molecule has 2 heterocycles. The molecule has 1 saturated heterocycles. The number of carbonyl (C=O) groups excluding carboxylic acids is 1. The number of imidazole rings is 1. The molecule has 1 aliphatic heterocycles. The van der Waals surface area contributed by atoms with Crippen LogP contribution in [-0.4, -0.2) is 57.8 Å². The van der Waals surface area contributed by atoms with Gasteiger partial charge in [0.1, 0.15) is 18.5 Å². The van der Waals surface area contributed by atoms with Crippen LogP contribution in [0.4, 0.5) is 13.2 Å². The number of hydrogen-bond acceptors (Lipinski definition) is 4. The van der Waals surface area contributed by atoms with Crippen molar-refractivity contribution in [2.75, 3.05) is 20.1 Å². The van der Waals surface area contributed by atoms with E-state index in [-0.39, 0.29) is 18.2 Å². The molecule has 2 rings (SSSR count). The number of carbonyl (C=O) groups is 1. The Labute approximate surface area is 132 Å². The van der Waals surface area contributed by atoms with E-state index in [2.05, 4.69) is 10.3 Å². The highest BCUT2D eigenvalue weighted by Crippen LogP contribution is 2.23. The van der Waals surface area contributed by atoms with Crippen molar-refractivity contribution >= 4 is 5.91 Å². The van der Waals surface area contributed by atoms with Crippen LogP contribution < -0.4 is 5.32 Å². The van der Waals surface area contributed by atoms with Crippen LogP contribution in [0, 0.1) is 0 Å². The van der Waals surface area contributed by atoms with Crippen LogP contribution in [0.1, 0.15) is 31.2 Å². The molecule has 0 unspecified atom stereocenters. The minimum Gasteiger partial charge on any atom is -0.385 e. The number of halogens is 3. The Morgan fingerprint density at radius 3 is 2.70 bits per heavy atom. The number of aliphatic hydroxyl groups excluding tert-OH is 1. The second-order valence-electron chi connectivity index (χ2n) is 5.69. The largest absolute Gasteiger partial charge is 0.406 e. The van der Waals surface area contributed by atoms with E-state index in [0.717, 1.165) is 23.6 Å². The summed E-state index contributed by atoms with van der Waals surface area (Å²) in [6.07, 6.45) is -2.04. The number of aliphatic hydroxyl groups is 1. The summed E-state index contributed by atoms with van der Waals surface area (Å²) in [6, 6.07) is 0.370. The summed E-state index contributed by atoms with van der Waals surface area (Å²) in [7, 11) is 1.87. The third-order valence-electron chi connectivity index (χ3n) is 4.02. The average Bonchev–Trinajstić information content (AvgIpc) is 2.93. The van der Waals surface area contributed by atoms with Gasteiger partial charge in [-0.15, -0.1) is 0 Å². The lowest BCUT2D eigenvalue weighted by Gasteiger charge is -2.32. The van der Waals surface area contributed by atoms with Gasteiger partial charge < -0.3 is 19.9 Å². The lowest BCUT2D eigenvalue weighted by Crippen LogP contribution is -2.44. The van der Waals surface area contributed by atoms with E-state index in [4.69, 9.17) is 0 Å². The standard InChI is InChI=1S/C14H21F3N4O2/c1-18-10-2-5-20(6-3-10)12(23)8-11(22)13-19-4-7-21(13)9-14(15,16)17/h4,7,10-11,18,22H,2-3,5-6,8-9H2,1H3/t11-/m1/s1. The molecule has 1 amide bonds. The molecule has 130 valence electrons. The van der Waals surface area contributed by atoms with Gasteiger partial charge in [0.05, 0.1) is 6.42 Å². The highest BCUT2D eigenvalue weighted by atomic mass is 19.4. The summed E-state index contributed by atoms with van der Waals surface area (Å²) in [4.78, 5) is 17.6. The van der Waals surface area contributed by atoms with Crippen molar-refractivity contribution in [2.24, 2.45) is 0 Å². The Bertz CT molecular complexity index is 524. The molecule has 1 aliphatic rings. The molecule has 2 N–H and O–H groups in total. The number of nitrogens with one attached hydrogen (secondary N) is 1. The van der Waals surface area contributed by atoms with Gasteiger partial charge in [0.25, 0.3) is 0 Å². The van der Waals surface area contributed by atoms with Gasteiger partial charge in [-0.05, 0) is 19.9 Å². The fraction of sp³-hybridized carbons (Fsp3) is 0.714. The molecule has 1 fully saturated rings. The van der Waals surface area contributed by atoms with Gasteiger partial charge in [0.2, 0.25) is 5.91 Å². The van der Waals surface area contributed by atoms with Crippen LogP contribution in [0.2, 0.25) is 0 Å². The molecule has 0 bridgehead atoms. The normalized spacial score (nSPS) is 18.2. The summed E-state index contributed by atoms with van der Waals surface area (Å²) in [5, 5.41) is 13.2. The van der Waals surface area contributed by atoms with E-state index in [1.165, 1.54) is 6.20 Å². The number of hydrogen-bond donors (Lipinski definition) is 2. The lowest BCUT2D eigenvalue weighted by atomic mass is 10.0. The van der Waals surface area contributed by atoms with Gasteiger partial charge in [0, 0.05) is 31.5 Å². The number of aromatic nitrogens is 2. The minimum atomic E-state index is -4.41. The predicted molar refractivity (Wildman–Crippen MR) is 76.5 cm³/mol. The molecule has 0 aromatic carbocycles. The molecule has 1 aromatic heterocycles. The molecule has 1 atom stereocenters. The Morgan fingerprint density at radius 1 is 1.48 bits per heavy atom. The zero-order chi connectivity index (χ0) is 17.0. The average molecular weight is 334 g/mol. The molecule has 6 nitrogen and oxygen atoms in total. The number of piperidine rings is 1. The van der Waals surface area contributed by atoms with Gasteiger partial charge in [-0.1, -0.05) is 0 Å². The Kier molecular flexibility index (Phi) is 5.64. The number of alkyl halides is 3. The van der Waals surface area contributed by atoms with Crippen LogP contribution in [0.15, 0.2) is 12.4 Å². The van der Waals surface area contributed by atoms with E-state index in [9.17, 15) is 23.1 Å². The van der Waals surface area contributed by atoms with Gasteiger partial charge in [-0.3, -0.25) is 4.79 Å². The van der Waals surface area contributed by atoms with E-state index >= 15 is 0 Å². The fourth-order valence-electron chi connectivity index (χ4n) is 2.75. The molecule has 0 radical (unpaired) electrons. The van der Waals surface area contributed by atoms with E-state index < -0.39 is 18.8 Å².